The fraction of sp³-hybridized carbons (Fsp3) is 0.440. The van der Waals surface area contributed by atoms with Crippen LogP contribution >= 0.6 is 0 Å². The van der Waals surface area contributed by atoms with Gasteiger partial charge >= 0.3 is 6.03 Å². The quantitative estimate of drug-likeness (QED) is 0.565. The van der Waals surface area contributed by atoms with Crippen LogP contribution in [0.25, 0.3) is 10.9 Å². The molecule has 1 fully saturated rings. The van der Waals surface area contributed by atoms with Crippen LogP contribution in [0.15, 0.2) is 48.8 Å². The van der Waals surface area contributed by atoms with Crippen LogP contribution < -0.4 is 16.0 Å². The van der Waals surface area contributed by atoms with E-state index in [0.29, 0.717) is 11.7 Å². The lowest BCUT2D eigenvalue weighted by molar-refractivity contribution is 0.183. The molecule has 0 unspecified atom stereocenters. The normalized spacial score (nSPS) is 15.2. The Morgan fingerprint density at radius 3 is 2.72 bits per heavy atom. The number of rotatable bonds is 5. The third-order valence-corrected chi connectivity index (χ3v) is 6.68. The molecule has 1 saturated heterocycles. The summed E-state index contributed by atoms with van der Waals surface area (Å²) in [6.45, 7) is 8.03. The Hall–Kier alpha value is -3.22. The van der Waals surface area contributed by atoms with Crippen LogP contribution in [0.1, 0.15) is 40.0 Å². The van der Waals surface area contributed by atoms with Crippen LogP contribution in [-0.2, 0) is 0 Å². The van der Waals surface area contributed by atoms with E-state index >= 15 is 0 Å². The Morgan fingerprint density at radius 1 is 1.25 bits per heavy atom. The number of nitrogens with two attached hydrogens (primary N) is 1. The molecule has 7 nitrogen and oxygen atoms in total. The predicted octanol–water partition coefficient (Wildman–Crippen LogP) is 4.79. The number of likely N-dealkylation sites (tertiary alicyclic amines) is 1. The van der Waals surface area contributed by atoms with Crippen LogP contribution in [-0.4, -0.2) is 52.2 Å². The SMILES string of the molecule is CCC(C)(C)Nc1cccnc1N(C)C1CCN(C(=O)n2ccc3cc(N)ccc32)CC1. The lowest BCUT2D eigenvalue weighted by Crippen LogP contribution is -2.47. The van der Waals surface area contributed by atoms with Gasteiger partial charge in [-0.25, -0.2) is 9.78 Å². The first-order valence-electron chi connectivity index (χ1n) is 11.4. The van der Waals surface area contributed by atoms with Gasteiger partial charge in [-0.3, -0.25) is 4.57 Å². The van der Waals surface area contributed by atoms with Crippen molar-refractivity contribution in [1.82, 2.24) is 14.5 Å². The Morgan fingerprint density at radius 2 is 2.00 bits per heavy atom. The lowest BCUT2D eigenvalue weighted by Gasteiger charge is -2.38. The van der Waals surface area contributed by atoms with Crippen LogP contribution in [0, 0.1) is 0 Å². The summed E-state index contributed by atoms with van der Waals surface area (Å²) in [5.41, 5.74) is 8.53. The minimum atomic E-state index is -0.00138. The fourth-order valence-electron chi connectivity index (χ4n) is 4.33. The van der Waals surface area contributed by atoms with Gasteiger partial charge in [-0.1, -0.05) is 6.92 Å². The number of amides is 1. The van der Waals surface area contributed by atoms with Crippen LogP contribution in [0.4, 0.5) is 22.0 Å². The van der Waals surface area contributed by atoms with Crippen LogP contribution in [0.2, 0.25) is 0 Å². The number of benzene rings is 1. The number of anilines is 3. The summed E-state index contributed by atoms with van der Waals surface area (Å²) in [6.07, 6.45) is 6.51. The van der Waals surface area contributed by atoms with Gasteiger partial charge in [0.05, 0.1) is 11.2 Å². The highest BCUT2D eigenvalue weighted by molar-refractivity contribution is 5.93. The minimum absolute atomic E-state index is 0.00138. The molecule has 0 radical (unpaired) electrons. The standard InChI is InChI=1S/C25H34N6O/c1-5-25(2,3)28-21-7-6-13-27-23(21)29(4)20-11-14-30(15-12-20)24(32)31-16-10-18-17-19(26)8-9-22(18)31/h6-10,13,16-17,20,28H,5,11-12,14-15,26H2,1-4H3. The molecule has 32 heavy (non-hydrogen) atoms. The molecule has 0 saturated carbocycles. The molecule has 7 heteroatoms. The Labute approximate surface area is 190 Å². The molecule has 3 heterocycles. The van der Waals surface area contributed by atoms with Crippen molar-refractivity contribution in [2.24, 2.45) is 0 Å². The van der Waals surface area contributed by atoms with Crippen molar-refractivity contribution in [2.45, 2.75) is 51.6 Å². The molecule has 1 amide bonds. The number of pyridine rings is 1. The van der Waals surface area contributed by atoms with E-state index in [1.54, 1.807) is 4.57 Å². The summed E-state index contributed by atoms with van der Waals surface area (Å²) in [7, 11) is 2.11. The van der Waals surface area contributed by atoms with Crippen molar-refractivity contribution < 1.29 is 4.79 Å². The third-order valence-electron chi connectivity index (χ3n) is 6.68. The van der Waals surface area contributed by atoms with E-state index in [1.165, 1.54) is 0 Å². The topological polar surface area (TPSA) is 79.4 Å². The smallest absolute Gasteiger partial charge is 0.328 e. The number of hydrogen-bond acceptors (Lipinski definition) is 5. The molecule has 4 rings (SSSR count). The number of nitrogens with one attached hydrogen (secondary N) is 1. The van der Waals surface area contributed by atoms with E-state index in [0.717, 1.165) is 54.8 Å². The van der Waals surface area contributed by atoms with Crippen molar-refractivity contribution >= 4 is 34.1 Å². The van der Waals surface area contributed by atoms with Crippen molar-refractivity contribution in [2.75, 3.05) is 36.1 Å². The first kappa shape index (κ1) is 22.0. The highest BCUT2D eigenvalue weighted by Crippen LogP contribution is 2.30. The van der Waals surface area contributed by atoms with Crippen molar-refractivity contribution in [3.63, 3.8) is 0 Å². The van der Waals surface area contributed by atoms with E-state index in [1.807, 2.05) is 47.6 Å². The molecule has 0 spiro atoms. The average Bonchev–Trinajstić information content (AvgIpc) is 3.21. The van der Waals surface area contributed by atoms with E-state index in [2.05, 4.69) is 49.1 Å². The number of fused-ring (bicyclic) bond motifs is 1. The zero-order chi connectivity index (χ0) is 22.9. The van der Waals surface area contributed by atoms with E-state index in [4.69, 9.17) is 5.73 Å². The summed E-state index contributed by atoms with van der Waals surface area (Å²) >= 11 is 0. The summed E-state index contributed by atoms with van der Waals surface area (Å²) < 4.78 is 1.73. The molecule has 0 bridgehead atoms. The number of carbonyl (C=O) groups excluding carboxylic acids is 1. The van der Waals surface area contributed by atoms with Crippen molar-refractivity contribution in [3.8, 4) is 0 Å². The van der Waals surface area contributed by atoms with E-state index in [9.17, 15) is 4.79 Å². The summed E-state index contributed by atoms with van der Waals surface area (Å²) in [6, 6.07) is 12.0. The first-order chi connectivity index (χ1) is 15.3. The molecule has 1 aliphatic heterocycles. The number of nitrogens with zero attached hydrogens (tertiary/aromatic N) is 4. The van der Waals surface area contributed by atoms with Gasteiger partial charge in [-0.15, -0.1) is 0 Å². The second-order valence-electron chi connectivity index (χ2n) is 9.35. The number of piperidine rings is 1. The monoisotopic (exact) mass is 434 g/mol. The van der Waals surface area contributed by atoms with Gasteiger partial charge in [0.2, 0.25) is 0 Å². The Balaban J connectivity index is 1.44. The van der Waals surface area contributed by atoms with Gasteiger partial charge in [-0.2, -0.15) is 0 Å². The predicted molar refractivity (Wildman–Crippen MR) is 132 cm³/mol. The minimum Gasteiger partial charge on any atom is -0.399 e. The number of carbonyl (C=O) groups is 1. The zero-order valence-corrected chi connectivity index (χ0v) is 19.5. The maximum atomic E-state index is 13.2. The molecule has 3 aromatic rings. The van der Waals surface area contributed by atoms with Gasteiger partial charge in [-0.05, 0) is 69.5 Å². The van der Waals surface area contributed by atoms with Crippen molar-refractivity contribution in [1.29, 1.82) is 0 Å². The van der Waals surface area contributed by atoms with Crippen LogP contribution in [0.5, 0.6) is 0 Å². The Kier molecular flexibility index (Phi) is 6.00. The summed E-state index contributed by atoms with van der Waals surface area (Å²) in [5.74, 6) is 0.966. The average molecular weight is 435 g/mol. The summed E-state index contributed by atoms with van der Waals surface area (Å²) in [4.78, 5) is 22.1. The second kappa shape index (κ2) is 8.73. The molecule has 0 atom stereocenters. The molecule has 0 aliphatic carbocycles. The number of aromatic nitrogens is 2. The van der Waals surface area contributed by atoms with Gasteiger partial charge in [0, 0.05) is 55.2 Å². The summed E-state index contributed by atoms with van der Waals surface area (Å²) in [5, 5.41) is 4.63. The molecular weight excluding hydrogens is 400 g/mol. The lowest BCUT2D eigenvalue weighted by atomic mass is 10.0. The second-order valence-corrected chi connectivity index (χ2v) is 9.35. The van der Waals surface area contributed by atoms with E-state index in [-0.39, 0.29) is 11.6 Å². The van der Waals surface area contributed by atoms with Gasteiger partial charge < -0.3 is 20.9 Å². The van der Waals surface area contributed by atoms with Gasteiger partial charge in [0.15, 0.2) is 5.82 Å². The largest absolute Gasteiger partial charge is 0.399 e. The highest BCUT2D eigenvalue weighted by Gasteiger charge is 2.28. The maximum Gasteiger partial charge on any atom is 0.328 e. The molecule has 1 aromatic carbocycles. The van der Waals surface area contributed by atoms with Gasteiger partial charge in [0.1, 0.15) is 0 Å². The van der Waals surface area contributed by atoms with E-state index < -0.39 is 0 Å². The number of hydrogen-bond donors (Lipinski definition) is 2. The van der Waals surface area contributed by atoms with Crippen LogP contribution in [0.3, 0.4) is 0 Å². The fourth-order valence-corrected chi connectivity index (χ4v) is 4.33. The third kappa shape index (κ3) is 4.38. The molecule has 170 valence electrons. The highest BCUT2D eigenvalue weighted by atomic mass is 16.2. The molecule has 3 N–H and O–H groups in total. The van der Waals surface area contributed by atoms with Crippen molar-refractivity contribution in [3.05, 3.63) is 48.8 Å². The van der Waals surface area contributed by atoms with Gasteiger partial charge in [0.25, 0.3) is 0 Å². The maximum absolute atomic E-state index is 13.2. The number of nitrogen functional groups attached to an aromatic ring is 1. The Bertz CT molecular complexity index is 1100. The molecular formula is C25H34N6O. The molecule has 2 aromatic heterocycles. The molecule has 1 aliphatic rings. The zero-order valence-electron chi connectivity index (χ0n) is 19.5. The first-order valence-corrected chi connectivity index (χ1v) is 11.4.